The minimum absolute atomic E-state index is 0.188. The van der Waals surface area contributed by atoms with Gasteiger partial charge < -0.3 is 14.8 Å². The Labute approximate surface area is 179 Å². The van der Waals surface area contributed by atoms with Crippen LogP contribution in [0.5, 0.6) is 11.5 Å². The second-order valence-electron chi connectivity index (χ2n) is 6.22. The van der Waals surface area contributed by atoms with E-state index in [2.05, 4.69) is 10.3 Å². The molecule has 29 heavy (non-hydrogen) atoms. The molecule has 150 valence electrons. The Balaban J connectivity index is 1.60. The molecule has 0 unspecified atom stereocenters. The molecule has 0 aliphatic carbocycles. The van der Waals surface area contributed by atoms with Gasteiger partial charge >= 0.3 is 0 Å². The number of carbonyl (C=O) groups excluding carboxylic acids is 1. The van der Waals surface area contributed by atoms with Gasteiger partial charge in [0, 0.05) is 46.0 Å². The summed E-state index contributed by atoms with van der Waals surface area (Å²) in [5, 5.41) is 3.98. The van der Waals surface area contributed by atoms with E-state index in [0.717, 1.165) is 11.3 Å². The van der Waals surface area contributed by atoms with Crippen molar-refractivity contribution in [2.45, 2.75) is 13.0 Å². The summed E-state index contributed by atoms with van der Waals surface area (Å²) in [5.41, 5.74) is 2.21. The Hall–Kier alpha value is -2.76. The molecule has 0 fully saturated rings. The van der Waals surface area contributed by atoms with Gasteiger partial charge in [0.25, 0.3) is 5.91 Å². The van der Waals surface area contributed by atoms with Gasteiger partial charge in [-0.1, -0.05) is 35.3 Å². The summed E-state index contributed by atoms with van der Waals surface area (Å²) in [6.45, 7) is 0.744. The Morgan fingerprint density at radius 1 is 1.07 bits per heavy atom. The van der Waals surface area contributed by atoms with Gasteiger partial charge in [-0.15, -0.1) is 0 Å². The number of halogens is 2. The Kier molecular flexibility index (Phi) is 7.33. The number of aromatic nitrogens is 1. The molecule has 5 nitrogen and oxygen atoms in total. The van der Waals surface area contributed by atoms with Crippen LogP contribution in [0.3, 0.4) is 0 Å². The van der Waals surface area contributed by atoms with E-state index >= 15 is 0 Å². The van der Waals surface area contributed by atoms with Crippen LogP contribution in [0.4, 0.5) is 0 Å². The molecule has 3 aromatic rings. The van der Waals surface area contributed by atoms with E-state index in [9.17, 15) is 4.79 Å². The van der Waals surface area contributed by atoms with Crippen molar-refractivity contribution in [3.63, 3.8) is 0 Å². The van der Waals surface area contributed by atoms with Crippen molar-refractivity contribution in [2.24, 2.45) is 0 Å². The van der Waals surface area contributed by atoms with E-state index in [-0.39, 0.29) is 12.5 Å². The lowest BCUT2D eigenvalue weighted by Gasteiger charge is -2.13. The predicted molar refractivity (Wildman–Crippen MR) is 114 cm³/mol. The molecule has 0 saturated carbocycles. The quantitative estimate of drug-likeness (QED) is 0.549. The molecule has 0 radical (unpaired) electrons. The van der Waals surface area contributed by atoms with E-state index in [1.165, 1.54) is 7.11 Å². The zero-order valence-corrected chi connectivity index (χ0v) is 17.3. The molecule has 0 aliphatic rings. The number of nitrogens with zero attached hydrogens (tertiary/aromatic N) is 1. The minimum atomic E-state index is -0.188. The Morgan fingerprint density at radius 3 is 2.66 bits per heavy atom. The predicted octanol–water partition coefficient (Wildman–Crippen LogP) is 4.95. The standard InChI is InChI=1S/C22H20Cl2N2O3/c1-28-21-12-15(22(27)26-11-9-18-4-2-3-10-25-18)6-8-20(21)29-14-16-5-7-17(23)13-19(16)24/h2-8,10,12-13H,9,11,14H2,1H3,(H,26,27). The first-order valence-corrected chi connectivity index (χ1v) is 9.75. The van der Waals surface area contributed by atoms with Crippen molar-refractivity contribution >= 4 is 29.1 Å². The number of nitrogens with one attached hydrogen (secondary N) is 1. The smallest absolute Gasteiger partial charge is 0.251 e. The highest BCUT2D eigenvalue weighted by Crippen LogP contribution is 2.30. The maximum atomic E-state index is 12.4. The van der Waals surface area contributed by atoms with Gasteiger partial charge in [0.05, 0.1) is 7.11 Å². The molecule has 0 saturated heterocycles. The summed E-state index contributed by atoms with van der Waals surface area (Å²) in [7, 11) is 1.53. The number of hydrogen-bond acceptors (Lipinski definition) is 4. The third-order valence-corrected chi connectivity index (χ3v) is 4.80. The first-order valence-electron chi connectivity index (χ1n) is 8.99. The molecule has 1 heterocycles. The highest BCUT2D eigenvalue weighted by Gasteiger charge is 2.12. The second kappa shape index (κ2) is 10.1. The van der Waals surface area contributed by atoms with Crippen molar-refractivity contribution in [3.05, 3.63) is 87.7 Å². The lowest BCUT2D eigenvalue weighted by molar-refractivity contribution is 0.0953. The molecule has 7 heteroatoms. The number of carbonyl (C=O) groups is 1. The molecule has 0 aliphatic heterocycles. The maximum absolute atomic E-state index is 12.4. The number of rotatable bonds is 8. The summed E-state index contributed by atoms with van der Waals surface area (Å²) in [4.78, 5) is 16.7. The van der Waals surface area contributed by atoms with Gasteiger partial charge in [-0.05, 0) is 42.5 Å². The SMILES string of the molecule is COc1cc(C(=O)NCCc2ccccn2)ccc1OCc1ccc(Cl)cc1Cl. The number of ether oxygens (including phenoxy) is 2. The molecule has 3 rings (SSSR count). The highest BCUT2D eigenvalue weighted by molar-refractivity contribution is 6.35. The topological polar surface area (TPSA) is 60.5 Å². The molecule has 2 aromatic carbocycles. The van der Waals surface area contributed by atoms with Gasteiger partial charge in [0.15, 0.2) is 11.5 Å². The number of amides is 1. The average molecular weight is 431 g/mol. The Morgan fingerprint density at radius 2 is 1.93 bits per heavy atom. The van der Waals surface area contributed by atoms with Crippen LogP contribution in [-0.4, -0.2) is 24.5 Å². The fraction of sp³-hybridized carbons (Fsp3) is 0.182. The fourth-order valence-electron chi connectivity index (χ4n) is 2.67. The van der Waals surface area contributed by atoms with Crippen LogP contribution >= 0.6 is 23.2 Å². The van der Waals surface area contributed by atoms with E-state index in [4.69, 9.17) is 32.7 Å². The van der Waals surface area contributed by atoms with Crippen LogP contribution in [0, 0.1) is 0 Å². The zero-order chi connectivity index (χ0) is 20.6. The van der Waals surface area contributed by atoms with Crippen LogP contribution in [0.2, 0.25) is 10.0 Å². The first kappa shape index (κ1) is 21.0. The van der Waals surface area contributed by atoms with E-state index in [0.29, 0.717) is 40.1 Å². The van der Waals surface area contributed by atoms with Crippen molar-refractivity contribution in [2.75, 3.05) is 13.7 Å². The number of hydrogen-bond donors (Lipinski definition) is 1. The number of benzene rings is 2. The lowest BCUT2D eigenvalue weighted by Crippen LogP contribution is -2.25. The van der Waals surface area contributed by atoms with Crippen LogP contribution in [0.1, 0.15) is 21.6 Å². The van der Waals surface area contributed by atoms with E-state index in [1.807, 2.05) is 18.2 Å². The van der Waals surface area contributed by atoms with Gasteiger partial charge in [0.1, 0.15) is 6.61 Å². The van der Waals surface area contributed by atoms with Crippen LogP contribution in [0.15, 0.2) is 60.8 Å². The van der Waals surface area contributed by atoms with Crippen LogP contribution < -0.4 is 14.8 Å². The summed E-state index contributed by atoms with van der Waals surface area (Å²) in [6.07, 6.45) is 2.39. The Bertz CT molecular complexity index is 981. The summed E-state index contributed by atoms with van der Waals surface area (Å²) < 4.78 is 11.2. The molecule has 1 aromatic heterocycles. The molecule has 0 bridgehead atoms. The monoisotopic (exact) mass is 430 g/mol. The third kappa shape index (κ3) is 5.86. The maximum Gasteiger partial charge on any atom is 0.251 e. The van der Waals surface area contributed by atoms with Gasteiger partial charge in [-0.25, -0.2) is 0 Å². The van der Waals surface area contributed by atoms with Gasteiger partial charge in [-0.3, -0.25) is 9.78 Å². The fourth-order valence-corrected chi connectivity index (χ4v) is 3.14. The van der Waals surface area contributed by atoms with Crippen molar-refractivity contribution in [1.82, 2.24) is 10.3 Å². The second-order valence-corrected chi connectivity index (χ2v) is 7.06. The largest absolute Gasteiger partial charge is 0.493 e. The lowest BCUT2D eigenvalue weighted by atomic mass is 10.1. The zero-order valence-electron chi connectivity index (χ0n) is 15.8. The van der Waals surface area contributed by atoms with Gasteiger partial charge in [0.2, 0.25) is 0 Å². The van der Waals surface area contributed by atoms with E-state index < -0.39 is 0 Å². The molecular formula is C22H20Cl2N2O3. The number of pyridine rings is 1. The summed E-state index contributed by atoms with van der Waals surface area (Å²) in [5.74, 6) is 0.794. The highest BCUT2D eigenvalue weighted by atomic mass is 35.5. The third-order valence-electron chi connectivity index (χ3n) is 4.22. The van der Waals surface area contributed by atoms with Crippen LogP contribution in [-0.2, 0) is 13.0 Å². The number of methoxy groups -OCH3 is 1. The van der Waals surface area contributed by atoms with Crippen molar-refractivity contribution in [1.29, 1.82) is 0 Å². The summed E-state index contributed by atoms with van der Waals surface area (Å²) in [6, 6.07) is 16.0. The van der Waals surface area contributed by atoms with Crippen molar-refractivity contribution in [3.8, 4) is 11.5 Å². The normalized spacial score (nSPS) is 10.4. The van der Waals surface area contributed by atoms with Gasteiger partial charge in [-0.2, -0.15) is 0 Å². The van der Waals surface area contributed by atoms with Crippen molar-refractivity contribution < 1.29 is 14.3 Å². The molecule has 0 spiro atoms. The molecule has 0 atom stereocenters. The minimum Gasteiger partial charge on any atom is -0.493 e. The average Bonchev–Trinajstić information content (AvgIpc) is 2.73. The molecular weight excluding hydrogens is 411 g/mol. The van der Waals surface area contributed by atoms with Crippen LogP contribution in [0.25, 0.3) is 0 Å². The molecule has 1 N–H and O–H groups in total. The van der Waals surface area contributed by atoms with E-state index in [1.54, 1.807) is 42.6 Å². The molecule has 1 amide bonds. The first-order chi connectivity index (χ1) is 14.1. The summed E-state index contributed by atoms with van der Waals surface area (Å²) >= 11 is 12.1.